The van der Waals surface area contributed by atoms with E-state index in [4.69, 9.17) is 5.26 Å². The molecule has 1 aromatic rings. The van der Waals surface area contributed by atoms with E-state index in [1.807, 2.05) is 12.1 Å². The molecule has 0 saturated heterocycles. The molecule has 0 saturated carbocycles. The predicted molar refractivity (Wildman–Crippen MR) is 74.0 cm³/mol. The molecule has 0 bridgehead atoms. The molecule has 2 heteroatoms. The highest BCUT2D eigenvalue weighted by atomic mass is 16.1. The van der Waals surface area contributed by atoms with Gasteiger partial charge in [-0.05, 0) is 41.7 Å². The summed E-state index contributed by atoms with van der Waals surface area (Å²) < 4.78 is 0. The fourth-order valence-corrected chi connectivity index (χ4v) is 2.04. The normalized spacial score (nSPS) is 11.6. The number of rotatable bonds is 6. The maximum atomic E-state index is 11.2. The summed E-state index contributed by atoms with van der Waals surface area (Å²) in [5.41, 5.74) is 3.73. The number of benzene rings is 1. The Morgan fingerprint density at radius 3 is 2.22 bits per heavy atom. The van der Waals surface area contributed by atoms with Crippen molar-refractivity contribution in [2.45, 2.75) is 39.5 Å². The summed E-state index contributed by atoms with van der Waals surface area (Å²) in [6.07, 6.45) is 4.68. The maximum Gasteiger partial charge on any atom is 0.146 e. The van der Waals surface area contributed by atoms with Crippen LogP contribution in [0.15, 0.2) is 29.8 Å². The van der Waals surface area contributed by atoms with E-state index in [1.54, 1.807) is 12.1 Å². The van der Waals surface area contributed by atoms with Crippen LogP contribution in [0, 0.1) is 11.3 Å². The first-order chi connectivity index (χ1) is 8.76. The Morgan fingerprint density at radius 1 is 1.17 bits per heavy atom. The van der Waals surface area contributed by atoms with Crippen LogP contribution in [0.4, 0.5) is 0 Å². The first-order valence-corrected chi connectivity index (χ1v) is 6.44. The Morgan fingerprint density at radius 2 is 1.78 bits per heavy atom. The van der Waals surface area contributed by atoms with E-state index in [0.717, 1.165) is 48.7 Å². The van der Waals surface area contributed by atoms with Crippen molar-refractivity contribution < 1.29 is 4.79 Å². The van der Waals surface area contributed by atoms with Gasteiger partial charge < -0.3 is 0 Å². The molecule has 0 fully saturated rings. The second-order valence-corrected chi connectivity index (χ2v) is 4.31. The Labute approximate surface area is 109 Å². The molecular weight excluding hydrogens is 222 g/mol. The number of hydrogen-bond donors (Lipinski definition) is 0. The molecule has 0 spiro atoms. The average molecular weight is 241 g/mol. The predicted octanol–water partition coefficient (Wildman–Crippen LogP) is 4.11. The number of aldehydes is 1. The van der Waals surface area contributed by atoms with Crippen molar-refractivity contribution in [1.29, 1.82) is 5.26 Å². The van der Waals surface area contributed by atoms with Gasteiger partial charge in [0.25, 0.3) is 0 Å². The molecular formula is C16H19NO. The van der Waals surface area contributed by atoms with Gasteiger partial charge in [-0.15, -0.1) is 0 Å². The molecule has 0 aromatic heterocycles. The lowest BCUT2D eigenvalue weighted by Gasteiger charge is -2.11. The average Bonchev–Trinajstić information content (AvgIpc) is 2.43. The van der Waals surface area contributed by atoms with Crippen molar-refractivity contribution in [3.8, 4) is 6.07 Å². The van der Waals surface area contributed by atoms with Crippen LogP contribution < -0.4 is 0 Å². The van der Waals surface area contributed by atoms with Gasteiger partial charge in [0, 0.05) is 0 Å². The van der Waals surface area contributed by atoms with Crippen LogP contribution in [0.25, 0.3) is 5.57 Å². The van der Waals surface area contributed by atoms with Gasteiger partial charge in [-0.3, -0.25) is 4.79 Å². The summed E-state index contributed by atoms with van der Waals surface area (Å²) in [5, 5.41) is 8.79. The van der Waals surface area contributed by atoms with Crippen molar-refractivity contribution >= 4 is 11.9 Å². The van der Waals surface area contributed by atoms with Gasteiger partial charge in [0.1, 0.15) is 6.29 Å². The zero-order valence-corrected chi connectivity index (χ0v) is 11.1. The highest BCUT2D eigenvalue weighted by molar-refractivity contribution is 5.88. The number of nitrogens with zero attached hydrogens (tertiary/aromatic N) is 1. The quantitative estimate of drug-likeness (QED) is 0.555. The smallest absolute Gasteiger partial charge is 0.146 e. The van der Waals surface area contributed by atoms with E-state index in [2.05, 4.69) is 19.9 Å². The first-order valence-electron chi connectivity index (χ1n) is 6.44. The standard InChI is InChI=1S/C16H19NO/c1-3-5-15(12-18)16(6-4-2)14-9-7-13(11-17)8-10-14/h7-10,12H,3-6H2,1-2H3/b16-15-. The number of allylic oxidation sites excluding steroid dienone is 2. The maximum absolute atomic E-state index is 11.2. The van der Waals surface area contributed by atoms with E-state index < -0.39 is 0 Å². The zero-order valence-electron chi connectivity index (χ0n) is 11.1. The number of hydrogen-bond acceptors (Lipinski definition) is 2. The molecule has 1 aromatic carbocycles. The van der Waals surface area contributed by atoms with Crippen molar-refractivity contribution in [1.82, 2.24) is 0 Å². The summed E-state index contributed by atoms with van der Waals surface area (Å²) in [5.74, 6) is 0. The van der Waals surface area contributed by atoms with E-state index >= 15 is 0 Å². The van der Waals surface area contributed by atoms with Crippen molar-refractivity contribution in [3.63, 3.8) is 0 Å². The lowest BCUT2D eigenvalue weighted by molar-refractivity contribution is -0.105. The van der Waals surface area contributed by atoms with E-state index in [1.165, 1.54) is 0 Å². The molecule has 0 aliphatic rings. The minimum absolute atomic E-state index is 0.651. The van der Waals surface area contributed by atoms with Gasteiger partial charge in [-0.2, -0.15) is 5.26 Å². The van der Waals surface area contributed by atoms with E-state index in [-0.39, 0.29) is 0 Å². The van der Waals surface area contributed by atoms with Crippen LogP contribution in [0.2, 0.25) is 0 Å². The van der Waals surface area contributed by atoms with Crippen LogP contribution >= 0.6 is 0 Å². The summed E-state index contributed by atoms with van der Waals surface area (Å²) in [6.45, 7) is 4.18. The first kappa shape index (κ1) is 14.2. The topological polar surface area (TPSA) is 40.9 Å². The summed E-state index contributed by atoms with van der Waals surface area (Å²) in [7, 11) is 0. The number of carbonyl (C=O) groups excluding carboxylic acids is 1. The third kappa shape index (κ3) is 3.56. The molecule has 1 rings (SSSR count). The number of carbonyl (C=O) groups is 1. The van der Waals surface area contributed by atoms with Crippen molar-refractivity contribution in [2.24, 2.45) is 0 Å². The Hall–Kier alpha value is -1.88. The van der Waals surface area contributed by atoms with Gasteiger partial charge in [0.15, 0.2) is 0 Å². The van der Waals surface area contributed by atoms with Crippen LogP contribution in [0.3, 0.4) is 0 Å². The molecule has 0 atom stereocenters. The zero-order chi connectivity index (χ0) is 13.4. The second-order valence-electron chi connectivity index (χ2n) is 4.31. The summed E-state index contributed by atoms with van der Waals surface area (Å²) in [4.78, 5) is 11.2. The van der Waals surface area contributed by atoms with Gasteiger partial charge in [0.2, 0.25) is 0 Å². The SMILES string of the molecule is CCC/C(C=O)=C(\CCC)c1ccc(C#N)cc1. The minimum atomic E-state index is 0.651. The van der Waals surface area contributed by atoms with Gasteiger partial charge in [-0.25, -0.2) is 0 Å². The van der Waals surface area contributed by atoms with Crippen molar-refractivity contribution in [2.75, 3.05) is 0 Å². The van der Waals surface area contributed by atoms with Crippen LogP contribution in [0.1, 0.15) is 50.7 Å². The molecule has 0 heterocycles. The van der Waals surface area contributed by atoms with Gasteiger partial charge >= 0.3 is 0 Å². The van der Waals surface area contributed by atoms with Crippen LogP contribution in [0.5, 0.6) is 0 Å². The Bertz CT molecular complexity index is 463. The third-order valence-electron chi connectivity index (χ3n) is 2.91. The molecule has 18 heavy (non-hydrogen) atoms. The molecule has 0 unspecified atom stereocenters. The lowest BCUT2D eigenvalue weighted by atomic mass is 9.93. The van der Waals surface area contributed by atoms with Gasteiger partial charge in [0.05, 0.1) is 11.6 Å². The highest BCUT2D eigenvalue weighted by Crippen LogP contribution is 2.25. The highest BCUT2D eigenvalue weighted by Gasteiger charge is 2.08. The largest absolute Gasteiger partial charge is 0.298 e. The summed E-state index contributed by atoms with van der Waals surface area (Å²) >= 11 is 0. The lowest BCUT2D eigenvalue weighted by Crippen LogP contribution is -1.94. The third-order valence-corrected chi connectivity index (χ3v) is 2.91. The fraction of sp³-hybridized carbons (Fsp3) is 0.375. The fourth-order valence-electron chi connectivity index (χ4n) is 2.04. The van der Waals surface area contributed by atoms with E-state index in [0.29, 0.717) is 5.56 Å². The Balaban J connectivity index is 3.17. The second kappa shape index (κ2) is 7.45. The molecule has 0 radical (unpaired) electrons. The molecule has 2 nitrogen and oxygen atoms in total. The molecule has 0 aliphatic carbocycles. The van der Waals surface area contributed by atoms with Crippen LogP contribution in [-0.4, -0.2) is 6.29 Å². The van der Waals surface area contributed by atoms with Gasteiger partial charge in [-0.1, -0.05) is 38.8 Å². The monoisotopic (exact) mass is 241 g/mol. The molecule has 94 valence electrons. The molecule has 0 N–H and O–H groups in total. The summed E-state index contributed by atoms with van der Waals surface area (Å²) in [6, 6.07) is 9.58. The number of nitriles is 1. The minimum Gasteiger partial charge on any atom is -0.298 e. The molecule has 0 amide bonds. The Kier molecular flexibility index (Phi) is 5.87. The molecule has 0 aliphatic heterocycles. The van der Waals surface area contributed by atoms with E-state index in [9.17, 15) is 4.79 Å². The van der Waals surface area contributed by atoms with Crippen LogP contribution in [-0.2, 0) is 4.79 Å². The van der Waals surface area contributed by atoms with Crippen molar-refractivity contribution in [3.05, 3.63) is 41.0 Å².